The highest BCUT2D eigenvalue weighted by Crippen LogP contribution is 2.12. The molecule has 1 N–H and O–H groups in total. The highest BCUT2D eigenvalue weighted by atomic mass is 16.7. The molecule has 13 heavy (non-hydrogen) atoms. The predicted molar refractivity (Wildman–Crippen MR) is 44.1 cm³/mol. The van der Waals surface area contributed by atoms with Gasteiger partial charge in [0.05, 0.1) is 6.61 Å². The number of hydrogen-bond donors (Lipinski definition) is 1. The van der Waals surface area contributed by atoms with Crippen molar-refractivity contribution in [3.05, 3.63) is 0 Å². The smallest absolute Gasteiger partial charge is 0.450 e. The minimum Gasteiger partial charge on any atom is -0.450 e. The number of rotatable bonds is 4. The van der Waals surface area contributed by atoms with Crippen molar-refractivity contribution in [3.63, 3.8) is 0 Å². The molecule has 75 valence electrons. The summed E-state index contributed by atoms with van der Waals surface area (Å²) in [4.78, 5) is 12.2. The van der Waals surface area contributed by atoms with Gasteiger partial charge in [0.25, 0.3) is 0 Å². The van der Waals surface area contributed by atoms with Gasteiger partial charge in [-0.15, -0.1) is 0 Å². The molecule has 0 aromatic rings. The van der Waals surface area contributed by atoms with Gasteiger partial charge in [0.2, 0.25) is 0 Å². The van der Waals surface area contributed by atoms with E-state index < -0.39 is 6.16 Å². The standard InChI is InChI=1S/C8H14NO4/c10-5-1-3-9-4-2-7(6-9)13-8(11)12/h7H,1-6H2,(H,11,12). The SMILES string of the molecule is [O]CCCN1CCC(OC(=O)O)C1. The lowest BCUT2D eigenvalue weighted by molar-refractivity contribution is 0.0545. The molecule has 1 unspecified atom stereocenters. The number of nitrogens with zero attached hydrogens (tertiary/aromatic N) is 1. The molecular weight excluding hydrogens is 174 g/mol. The Morgan fingerprint density at radius 2 is 2.38 bits per heavy atom. The lowest BCUT2D eigenvalue weighted by Crippen LogP contribution is -2.25. The normalized spacial score (nSPS) is 23.3. The first-order valence-electron chi connectivity index (χ1n) is 4.42. The summed E-state index contributed by atoms with van der Waals surface area (Å²) < 4.78 is 4.62. The highest BCUT2D eigenvalue weighted by molar-refractivity contribution is 5.57. The van der Waals surface area contributed by atoms with Crippen LogP contribution in [0.25, 0.3) is 0 Å². The molecule has 1 saturated heterocycles. The third-order valence-electron chi connectivity index (χ3n) is 2.12. The number of ether oxygens (including phenoxy) is 1. The van der Waals surface area contributed by atoms with Gasteiger partial charge in [0.15, 0.2) is 0 Å². The van der Waals surface area contributed by atoms with Crippen LogP contribution in [0.1, 0.15) is 12.8 Å². The molecule has 0 spiro atoms. The maximum atomic E-state index is 10.2. The van der Waals surface area contributed by atoms with Gasteiger partial charge in [-0.2, -0.15) is 0 Å². The predicted octanol–water partition coefficient (Wildman–Crippen LogP) is 0.576. The summed E-state index contributed by atoms with van der Waals surface area (Å²) >= 11 is 0. The Morgan fingerprint density at radius 1 is 1.62 bits per heavy atom. The van der Waals surface area contributed by atoms with E-state index in [0.29, 0.717) is 13.0 Å². The van der Waals surface area contributed by atoms with Gasteiger partial charge in [-0.3, -0.25) is 4.90 Å². The fraction of sp³-hybridized carbons (Fsp3) is 0.875. The minimum atomic E-state index is -1.21. The van der Waals surface area contributed by atoms with Crippen molar-refractivity contribution < 1.29 is 19.7 Å². The zero-order valence-corrected chi connectivity index (χ0v) is 7.44. The van der Waals surface area contributed by atoms with E-state index in [4.69, 9.17) is 5.11 Å². The van der Waals surface area contributed by atoms with Gasteiger partial charge in [-0.25, -0.2) is 9.90 Å². The minimum absolute atomic E-state index is 0.0685. The molecule has 0 saturated carbocycles. The maximum Gasteiger partial charge on any atom is 0.506 e. The fourth-order valence-electron chi connectivity index (χ4n) is 1.53. The van der Waals surface area contributed by atoms with Crippen LogP contribution in [0.5, 0.6) is 0 Å². The van der Waals surface area contributed by atoms with Crippen LogP contribution in [-0.2, 0) is 9.84 Å². The quantitative estimate of drug-likeness (QED) is 0.655. The summed E-state index contributed by atoms with van der Waals surface area (Å²) in [5.74, 6) is 0. The maximum absolute atomic E-state index is 10.2. The molecule has 5 nitrogen and oxygen atoms in total. The van der Waals surface area contributed by atoms with Crippen LogP contribution < -0.4 is 0 Å². The van der Waals surface area contributed by atoms with Crippen molar-refractivity contribution in [3.8, 4) is 0 Å². The number of carbonyl (C=O) groups is 1. The Kier molecular flexibility index (Phi) is 3.98. The van der Waals surface area contributed by atoms with Crippen LogP contribution in [0.2, 0.25) is 0 Å². The molecule has 0 amide bonds. The molecule has 1 heterocycles. The Labute approximate surface area is 76.9 Å². The molecule has 1 atom stereocenters. The topological polar surface area (TPSA) is 69.7 Å². The van der Waals surface area contributed by atoms with Crippen molar-refractivity contribution in [2.45, 2.75) is 18.9 Å². The number of hydrogen-bond acceptors (Lipinski definition) is 3. The zero-order chi connectivity index (χ0) is 9.68. The summed E-state index contributed by atoms with van der Waals surface area (Å²) in [5.41, 5.74) is 0. The average molecular weight is 188 g/mol. The Balaban J connectivity index is 2.16. The van der Waals surface area contributed by atoms with E-state index in [1.807, 2.05) is 0 Å². The molecule has 0 aromatic heterocycles. The van der Waals surface area contributed by atoms with Crippen LogP contribution in [-0.4, -0.2) is 48.5 Å². The Morgan fingerprint density at radius 3 is 3.00 bits per heavy atom. The molecule has 1 aliphatic rings. The van der Waals surface area contributed by atoms with Crippen molar-refractivity contribution in [1.82, 2.24) is 4.90 Å². The van der Waals surface area contributed by atoms with Gasteiger partial charge in [0.1, 0.15) is 6.10 Å². The van der Waals surface area contributed by atoms with Crippen LogP contribution in [0.3, 0.4) is 0 Å². The van der Waals surface area contributed by atoms with Crippen LogP contribution in [0, 0.1) is 0 Å². The number of carboxylic acid groups (broad SMARTS) is 1. The summed E-state index contributed by atoms with van der Waals surface area (Å²) in [6.45, 7) is 2.15. The van der Waals surface area contributed by atoms with E-state index in [0.717, 1.165) is 19.5 Å². The van der Waals surface area contributed by atoms with Crippen LogP contribution in [0.15, 0.2) is 0 Å². The lowest BCUT2D eigenvalue weighted by Gasteiger charge is -2.13. The van der Waals surface area contributed by atoms with Gasteiger partial charge in [-0.05, 0) is 12.8 Å². The Hall–Kier alpha value is -0.810. The lowest BCUT2D eigenvalue weighted by atomic mass is 10.3. The molecule has 1 aliphatic heterocycles. The third-order valence-corrected chi connectivity index (χ3v) is 2.12. The second kappa shape index (κ2) is 5.04. The molecule has 0 aromatic carbocycles. The summed E-state index contributed by atoms with van der Waals surface area (Å²) in [7, 11) is 0. The molecule has 1 rings (SSSR count). The highest BCUT2D eigenvalue weighted by Gasteiger charge is 2.24. The van der Waals surface area contributed by atoms with Crippen molar-refractivity contribution in [2.24, 2.45) is 0 Å². The van der Waals surface area contributed by atoms with E-state index in [9.17, 15) is 9.90 Å². The number of likely N-dealkylation sites (tertiary alicyclic amines) is 1. The molecule has 1 radical (unpaired) electrons. The van der Waals surface area contributed by atoms with E-state index in [-0.39, 0.29) is 12.7 Å². The first kappa shape index (κ1) is 10.3. The van der Waals surface area contributed by atoms with E-state index in [1.54, 1.807) is 0 Å². The van der Waals surface area contributed by atoms with Gasteiger partial charge < -0.3 is 9.84 Å². The molecule has 0 aliphatic carbocycles. The molecule has 0 bridgehead atoms. The van der Waals surface area contributed by atoms with Gasteiger partial charge >= 0.3 is 6.16 Å². The first-order chi connectivity index (χ1) is 6.22. The average Bonchev–Trinajstić information content (AvgIpc) is 2.48. The second-order valence-corrected chi connectivity index (χ2v) is 3.15. The van der Waals surface area contributed by atoms with Crippen LogP contribution in [0.4, 0.5) is 4.79 Å². The molecular formula is C8H14NO4. The van der Waals surface area contributed by atoms with E-state index in [1.165, 1.54) is 0 Å². The zero-order valence-electron chi connectivity index (χ0n) is 7.44. The summed E-state index contributed by atoms with van der Waals surface area (Å²) in [5, 5.41) is 18.5. The summed E-state index contributed by atoms with van der Waals surface area (Å²) in [6.07, 6.45) is -0.0508. The fourth-order valence-corrected chi connectivity index (χ4v) is 1.53. The van der Waals surface area contributed by atoms with Gasteiger partial charge in [0, 0.05) is 19.6 Å². The van der Waals surface area contributed by atoms with E-state index in [2.05, 4.69) is 9.64 Å². The van der Waals surface area contributed by atoms with Crippen molar-refractivity contribution in [2.75, 3.05) is 26.2 Å². The second-order valence-electron chi connectivity index (χ2n) is 3.15. The van der Waals surface area contributed by atoms with E-state index >= 15 is 0 Å². The van der Waals surface area contributed by atoms with Crippen LogP contribution >= 0.6 is 0 Å². The van der Waals surface area contributed by atoms with Crippen molar-refractivity contribution in [1.29, 1.82) is 0 Å². The third kappa shape index (κ3) is 3.61. The molecule has 5 heteroatoms. The summed E-state index contributed by atoms with van der Waals surface area (Å²) in [6, 6.07) is 0. The monoisotopic (exact) mass is 188 g/mol. The van der Waals surface area contributed by atoms with Gasteiger partial charge in [-0.1, -0.05) is 0 Å². The Bertz CT molecular complexity index is 174. The largest absolute Gasteiger partial charge is 0.506 e. The first-order valence-corrected chi connectivity index (χ1v) is 4.42. The molecule has 1 fully saturated rings. The van der Waals surface area contributed by atoms with Crippen molar-refractivity contribution >= 4 is 6.16 Å².